The number of carbonyl (C=O) groups is 1. The molecule has 0 rings (SSSR count). The van der Waals surface area contributed by atoms with Crippen LogP contribution in [-0.2, 0) is 9.22 Å². The van der Waals surface area contributed by atoms with Gasteiger partial charge in [0.25, 0.3) is 0 Å². The summed E-state index contributed by atoms with van der Waals surface area (Å²) in [5.74, 6) is 5.70. The molecule has 0 aromatic rings. The second-order valence-electron chi connectivity index (χ2n) is 6.54. The minimum Gasteiger partial charge on any atom is -0.417 e. The average molecular weight is 282 g/mol. The van der Waals surface area contributed by atoms with Gasteiger partial charge in [-0.3, -0.25) is 4.79 Å². The molecule has 0 aliphatic heterocycles. The molecule has 0 aliphatic rings. The predicted molar refractivity (Wildman–Crippen MR) is 84.7 cm³/mol. The van der Waals surface area contributed by atoms with Crippen molar-refractivity contribution < 1.29 is 9.22 Å². The fourth-order valence-electron chi connectivity index (χ4n) is 1.27. The summed E-state index contributed by atoms with van der Waals surface area (Å²) in [6.07, 6.45) is 4.35. The van der Waals surface area contributed by atoms with Gasteiger partial charge in [0.2, 0.25) is 5.78 Å². The lowest BCUT2D eigenvalue weighted by atomic mass is 10.2. The maximum Gasteiger partial charge on any atom is 0.205 e. The summed E-state index contributed by atoms with van der Waals surface area (Å²) >= 11 is 0. The van der Waals surface area contributed by atoms with Crippen LogP contribution in [0, 0.1) is 11.8 Å². The quantitative estimate of drug-likeness (QED) is 0.296. The first-order valence-corrected chi connectivity index (χ1v) is 10.3. The van der Waals surface area contributed by atoms with E-state index in [1.807, 2.05) is 0 Å². The zero-order chi connectivity index (χ0) is 14.9. The highest BCUT2D eigenvalue weighted by Gasteiger charge is 2.36. The molecule has 0 N–H and O–H groups in total. The molecule has 19 heavy (non-hydrogen) atoms. The van der Waals surface area contributed by atoms with Gasteiger partial charge in [0.15, 0.2) is 8.32 Å². The Labute approximate surface area is 120 Å². The minimum absolute atomic E-state index is 0.0509. The minimum atomic E-state index is -1.66. The molecule has 0 saturated carbocycles. The van der Waals surface area contributed by atoms with Crippen LogP contribution in [0.15, 0.2) is 0 Å². The zero-order valence-corrected chi connectivity index (χ0v) is 14.6. The summed E-state index contributed by atoms with van der Waals surface area (Å²) in [6.45, 7) is 14.0. The van der Waals surface area contributed by atoms with Gasteiger partial charge in [-0.15, -0.1) is 0 Å². The Morgan fingerprint density at radius 3 is 2.37 bits per heavy atom. The van der Waals surface area contributed by atoms with Crippen molar-refractivity contribution in [1.82, 2.24) is 0 Å². The maximum atomic E-state index is 11.5. The highest BCUT2D eigenvalue weighted by Crippen LogP contribution is 2.36. The molecule has 0 aromatic heterocycles. The Bertz CT molecular complexity index is 329. The third-order valence-electron chi connectivity index (χ3n) is 3.70. The monoisotopic (exact) mass is 282 g/mol. The van der Waals surface area contributed by atoms with Crippen LogP contribution in [0.4, 0.5) is 0 Å². The van der Waals surface area contributed by atoms with Crippen LogP contribution in [0.5, 0.6) is 0 Å². The topological polar surface area (TPSA) is 26.3 Å². The van der Waals surface area contributed by atoms with Crippen LogP contribution >= 0.6 is 0 Å². The van der Waals surface area contributed by atoms with E-state index < -0.39 is 8.32 Å². The molecule has 110 valence electrons. The summed E-state index contributed by atoms with van der Waals surface area (Å²) in [6, 6.07) is 0. The summed E-state index contributed by atoms with van der Waals surface area (Å²) < 4.78 is 6.03. The predicted octanol–water partition coefficient (Wildman–Crippen LogP) is 4.55. The van der Waals surface area contributed by atoms with Crippen LogP contribution in [0.1, 0.15) is 59.8 Å². The highest BCUT2D eigenvalue weighted by molar-refractivity contribution is 6.74. The maximum absolute atomic E-state index is 11.5. The third-order valence-corrected chi connectivity index (χ3v) is 8.24. The SMILES string of the molecule is CCCCC#CC(=O)CCCO[Si](C)(C)C(C)(C)C. The van der Waals surface area contributed by atoms with Gasteiger partial charge >= 0.3 is 0 Å². The van der Waals surface area contributed by atoms with E-state index in [2.05, 4.69) is 52.6 Å². The van der Waals surface area contributed by atoms with Gasteiger partial charge in [0.05, 0.1) is 0 Å². The molecule has 0 fully saturated rings. The summed E-state index contributed by atoms with van der Waals surface area (Å²) in [5, 5.41) is 0.233. The van der Waals surface area contributed by atoms with E-state index in [0.29, 0.717) is 13.0 Å². The molecule has 0 bridgehead atoms. The fraction of sp³-hybridized carbons (Fsp3) is 0.812. The second-order valence-corrected chi connectivity index (χ2v) is 11.4. The van der Waals surface area contributed by atoms with Gasteiger partial charge < -0.3 is 4.43 Å². The summed E-state index contributed by atoms with van der Waals surface area (Å²) in [7, 11) is -1.66. The van der Waals surface area contributed by atoms with E-state index in [0.717, 1.165) is 25.7 Å². The Kier molecular flexibility index (Phi) is 8.29. The first-order valence-electron chi connectivity index (χ1n) is 7.36. The van der Waals surface area contributed by atoms with Crippen LogP contribution in [-0.4, -0.2) is 20.7 Å². The summed E-state index contributed by atoms with van der Waals surface area (Å²) in [4.78, 5) is 11.5. The molecule has 0 heterocycles. The number of hydrogen-bond acceptors (Lipinski definition) is 2. The van der Waals surface area contributed by atoms with E-state index in [4.69, 9.17) is 4.43 Å². The van der Waals surface area contributed by atoms with Crippen LogP contribution in [0.2, 0.25) is 18.1 Å². The van der Waals surface area contributed by atoms with Crippen molar-refractivity contribution in [1.29, 1.82) is 0 Å². The van der Waals surface area contributed by atoms with E-state index in [1.54, 1.807) is 0 Å². The van der Waals surface area contributed by atoms with E-state index in [-0.39, 0.29) is 10.8 Å². The van der Waals surface area contributed by atoms with E-state index in [1.165, 1.54) is 0 Å². The summed E-state index contributed by atoms with van der Waals surface area (Å²) in [5.41, 5.74) is 0. The number of carbonyl (C=O) groups excluding carboxylic acids is 1. The fourth-order valence-corrected chi connectivity index (χ4v) is 2.35. The van der Waals surface area contributed by atoms with Crippen molar-refractivity contribution in [3.63, 3.8) is 0 Å². The van der Waals surface area contributed by atoms with Crippen LogP contribution < -0.4 is 0 Å². The largest absolute Gasteiger partial charge is 0.417 e. The molecular weight excluding hydrogens is 252 g/mol. The van der Waals surface area contributed by atoms with Gasteiger partial charge in [0, 0.05) is 19.4 Å². The normalized spacial score (nSPS) is 11.9. The number of ketones is 1. The van der Waals surface area contributed by atoms with Crippen LogP contribution in [0.3, 0.4) is 0 Å². The molecule has 0 aliphatic carbocycles. The first-order chi connectivity index (χ1) is 8.70. The lowest BCUT2D eigenvalue weighted by Crippen LogP contribution is -2.41. The highest BCUT2D eigenvalue weighted by atomic mass is 28.4. The van der Waals surface area contributed by atoms with Gasteiger partial charge in [-0.2, -0.15) is 0 Å². The van der Waals surface area contributed by atoms with Crippen molar-refractivity contribution in [2.24, 2.45) is 0 Å². The number of hydrogen-bond donors (Lipinski definition) is 0. The molecule has 0 amide bonds. The zero-order valence-electron chi connectivity index (χ0n) is 13.6. The van der Waals surface area contributed by atoms with Gasteiger partial charge in [-0.25, -0.2) is 0 Å². The lowest BCUT2D eigenvalue weighted by molar-refractivity contribution is -0.114. The smallest absolute Gasteiger partial charge is 0.205 e. The molecule has 2 nitrogen and oxygen atoms in total. The van der Waals surface area contributed by atoms with E-state index >= 15 is 0 Å². The molecule has 3 heteroatoms. The molecule has 0 radical (unpaired) electrons. The average Bonchev–Trinajstić information content (AvgIpc) is 2.29. The third kappa shape index (κ3) is 8.23. The Morgan fingerprint density at radius 1 is 1.21 bits per heavy atom. The van der Waals surface area contributed by atoms with Crippen LogP contribution in [0.25, 0.3) is 0 Å². The van der Waals surface area contributed by atoms with Crippen molar-refractivity contribution in [2.45, 2.75) is 77.9 Å². The van der Waals surface area contributed by atoms with Gasteiger partial charge in [-0.1, -0.05) is 40.0 Å². The van der Waals surface area contributed by atoms with Gasteiger partial charge in [0.1, 0.15) is 0 Å². The molecule has 0 atom stereocenters. The molecule has 0 saturated heterocycles. The van der Waals surface area contributed by atoms with Crippen molar-refractivity contribution in [3.8, 4) is 11.8 Å². The Morgan fingerprint density at radius 2 is 1.84 bits per heavy atom. The molecular formula is C16H30O2Si. The van der Waals surface area contributed by atoms with E-state index in [9.17, 15) is 4.79 Å². The Balaban J connectivity index is 3.86. The van der Waals surface area contributed by atoms with Gasteiger partial charge in [-0.05, 0) is 36.9 Å². The van der Waals surface area contributed by atoms with Crippen molar-refractivity contribution in [3.05, 3.63) is 0 Å². The number of unbranched alkanes of at least 4 members (excludes halogenated alkanes) is 2. The molecule has 0 spiro atoms. The van der Waals surface area contributed by atoms with Crippen molar-refractivity contribution in [2.75, 3.05) is 6.61 Å². The number of Topliss-reactive ketones (excluding diaryl/α,β-unsaturated/α-hetero) is 1. The molecule has 0 unspecified atom stereocenters. The molecule has 0 aromatic carbocycles. The standard InChI is InChI=1S/C16H30O2Si/c1-7-8-9-10-12-15(17)13-11-14-18-19(5,6)16(2,3)4/h7-9,11,13-14H2,1-6H3. The Hall–Kier alpha value is -0.593. The first kappa shape index (κ1) is 18.4. The number of rotatable bonds is 7. The van der Waals surface area contributed by atoms with Crippen molar-refractivity contribution >= 4 is 14.1 Å². The lowest BCUT2D eigenvalue weighted by Gasteiger charge is -2.36. The second kappa shape index (κ2) is 8.55.